The normalized spacial score (nSPS) is 16.3. The van der Waals surface area contributed by atoms with Crippen LogP contribution >= 0.6 is 11.6 Å². The van der Waals surface area contributed by atoms with Crippen LogP contribution in [0.25, 0.3) is 0 Å². The van der Waals surface area contributed by atoms with Crippen molar-refractivity contribution < 1.29 is 17.5 Å². The minimum Gasteiger partial charge on any atom is -0.371 e. The standard InChI is InChI=1S/C16H15ClFNO3S/c17-14-6-2-1-5-12(14)11-22-13-9-19(10-13)23(20,21)16-8-4-3-7-15(16)18/h1-8,13H,9-11H2. The van der Waals surface area contributed by atoms with Gasteiger partial charge in [0.25, 0.3) is 0 Å². The zero-order valence-electron chi connectivity index (χ0n) is 12.2. The van der Waals surface area contributed by atoms with E-state index in [0.29, 0.717) is 11.6 Å². The lowest BCUT2D eigenvalue weighted by molar-refractivity contribution is -0.0296. The maximum absolute atomic E-state index is 13.7. The van der Waals surface area contributed by atoms with Gasteiger partial charge in [-0.05, 0) is 23.8 Å². The Morgan fingerprint density at radius 3 is 2.48 bits per heavy atom. The Labute approximate surface area is 139 Å². The predicted octanol–water partition coefficient (Wildman–Crippen LogP) is 3.07. The Hall–Kier alpha value is -1.47. The predicted molar refractivity (Wildman–Crippen MR) is 85.2 cm³/mol. The summed E-state index contributed by atoms with van der Waals surface area (Å²) < 4.78 is 45.2. The second kappa shape index (κ2) is 6.57. The van der Waals surface area contributed by atoms with Gasteiger partial charge in [0.1, 0.15) is 10.7 Å². The van der Waals surface area contributed by atoms with Gasteiger partial charge in [0.15, 0.2) is 0 Å². The molecule has 7 heteroatoms. The monoisotopic (exact) mass is 355 g/mol. The first-order chi connectivity index (χ1) is 11.0. The van der Waals surface area contributed by atoms with E-state index in [1.54, 1.807) is 6.07 Å². The zero-order chi connectivity index (χ0) is 16.4. The van der Waals surface area contributed by atoms with Crippen LogP contribution in [0.2, 0.25) is 5.02 Å². The molecule has 0 saturated carbocycles. The first kappa shape index (κ1) is 16.4. The van der Waals surface area contributed by atoms with Gasteiger partial charge >= 0.3 is 0 Å². The summed E-state index contributed by atoms with van der Waals surface area (Å²) in [5.41, 5.74) is 0.851. The number of ether oxygens (including phenoxy) is 1. The highest BCUT2D eigenvalue weighted by molar-refractivity contribution is 7.89. The minimum atomic E-state index is -3.80. The van der Waals surface area contributed by atoms with Gasteiger partial charge in [0.2, 0.25) is 10.0 Å². The summed E-state index contributed by atoms with van der Waals surface area (Å²) >= 11 is 6.04. The van der Waals surface area contributed by atoms with Crippen LogP contribution < -0.4 is 0 Å². The van der Waals surface area contributed by atoms with E-state index in [2.05, 4.69) is 0 Å². The molecule has 0 atom stereocenters. The molecule has 3 rings (SSSR count). The molecule has 23 heavy (non-hydrogen) atoms. The van der Waals surface area contributed by atoms with Gasteiger partial charge in [-0.2, -0.15) is 4.31 Å². The molecule has 1 saturated heterocycles. The molecule has 0 radical (unpaired) electrons. The molecule has 0 amide bonds. The van der Waals surface area contributed by atoms with Crippen LogP contribution in [-0.4, -0.2) is 31.9 Å². The van der Waals surface area contributed by atoms with Crippen LogP contribution in [0.15, 0.2) is 53.4 Å². The Kier molecular flexibility index (Phi) is 4.68. The molecule has 1 heterocycles. The third-order valence-electron chi connectivity index (χ3n) is 3.70. The molecule has 0 aliphatic carbocycles. The molecule has 1 aliphatic rings. The number of sulfonamides is 1. The van der Waals surface area contributed by atoms with Gasteiger partial charge in [-0.1, -0.05) is 41.9 Å². The van der Waals surface area contributed by atoms with Crippen LogP contribution in [0.4, 0.5) is 4.39 Å². The average Bonchev–Trinajstić information content (AvgIpc) is 2.47. The van der Waals surface area contributed by atoms with E-state index in [9.17, 15) is 12.8 Å². The lowest BCUT2D eigenvalue weighted by Crippen LogP contribution is -2.54. The van der Waals surface area contributed by atoms with Gasteiger partial charge < -0.3 is 4.74 Å². The number of nitrogens with zero attached hydrogens (tertiary/aromatic N) is 1. The van der Waals surface area contributed by atoms with Crippen LogP contribution in [0.5, 0.6) is 0 Å². The summed E-state index contributed by atoms with van der Waals surface area (Å²) in [6.45, 7) is 0.736. The molecule has 1 aliphatic heterocycles. The summed E-state index contributed by atoms with van der Waals surface area (Å²) in [4.78, 5) is -0.301. The van der Waals surface area contributed by atoms with E-state index in [0.717, 1.165) is 11.6 Å². The molecule has 4 nitrogen and oxygen atoms in total. The van der Waals surface area contributed by atoms with E-state index < -0.39 is 15.8 Å². The number of rotatable bonds is 5. The topological polar surface area (TPSA) is 46.6 Å². The molecule has 0 bridgehead atoms. The summed E-state index contributed by atoms with van der Waals surface area (Å²) in [6, 6.07) is 12.7. The van der Waals surface area contributed by atoms with Crippen molar-refractivity contribution in [2.24, 2.45) is 0 Å². The fraction of sp³-hybridized carbons (Fsp3) is 0.250. The summed E-state index contributed by atoms with van der Waals surface area (Å²) in [6.07, 6.45) is -0.215. The first-order valence-electron chi connectivity index (χ1n) is 7.08. The van der Waals surface area contributed by atoms with E-state index in [1.807, 2.05) is 18.2 Å². The number of benzene rings is 2. The Morgan fingerprint density at radius 1 is 1.13 bits per heavy atom. The van der Waals surface area contributed by atoms with E-state index in [1.165, 1.54) is 22.5 Å². The van der Waals surface area contributed by atoms with E-state index in [4.69, 9.17) is 16.3 Å². The molecular weight excluding hydrogens is 341 g/mol. The van der Waals surface area contributed by atoms with Gasteiger partial charge in [-0.25, -0.2) is 12.8 Å². The van der Waals surface area contributed by atoms with Crippen molar-refractivity contribution in [1.29, 1.82) is 0 Å². The van der Waals surface area contributed by atoms with Crippen molar-refractivity contribution in [3.05, 3.63) is 64.9 Å². The van der Waals surface area contributed by atoms with Gasteiger partial charge in [-0.3, -0.25) is 0 Å². The fourth-order valence-electron chi connectivity index (χ4n) is 2.32. The lowest BCUT2D eigenvalue weighted by Gasteiger charge is -2.37. The summed E-state index contributed by atoms with van der Waals surface area (Å²) in [5.74, 6) is -0.743. The maximum atomic E-state index is 13.7. The van der Waals surface area contributed by atoms with Crippen molar-refractivity contribution in [3.63, 3.8) is 0 Å². The molecule has 2 aromatic rings. The van der Waals surface area contributed by atoms with Gasteiger partial charge in [0.05, 0.1) is 12.7 Å². The molecule has 0 aromatic heterocycles. The van der Waals surface area contributed by atoms with Crippen LogP contribution in [0.1, 0.15) is 5.56 Å². The van der Waals surface area contributed by atoms with Crippen molar-refractivity contribution in [1.82, 2.24) is 4.31 Å². The Balaban J connectivity index is 1.59. The quantitative estimate of drug-likeness (QED) is 0.828. The van der Waals surface area contributed by atoms with Crippen molar-refractivity contribution in [2.75, 3.05) is 13.1 Å². The molecule has 0 spiro atoms. The molecular formula is C16H15ClFNO3S. The number of hydrogen-bond donors (Lipinski definition) is 0. The van der Waals surface area contributed by atoms with Crippen molar-refractivity contribution in [2.45, 2.75) is 17.6 Å². The molecule has 1 fully saturated rings. The SMILES string of the molecule is O=S(=O)(c1ccccc1F)N1CC(OCc2ccccc2Cl)C1. The Bertz CT molecular complexity index is 806. The lowest BCUT2D eigenvalue weighted by atomic mass is 10.2. The third kappa shape index (κ3) is 3.40. The number of halogens is 2. The van der Waals surface area contributed by atoms with Crippen molar-refractivity contribution in [3.8, 4) is 0 Å². The third-order valence-corrected chi connectivity index (χ3v) is 5.93. The van der Waals surface area contributed by atoms with E-state index in [-0.39, 0.29) is 24.1 Å². The van der Waals surface area contributed by atoms with E-state index >= 15 is 0 Å². The Morgan fingerprint density at radius 2 is 1.78 bits per heavy atom. The highest BCUT2D eigenvalue weighted by atomic mass is 35.5. The minimum absolute atomic E-state index is 0.209. The molecule has 122 valence electrons. The summed E-state index contributed by atoms with van der Waals surface area (Å²) in [7, 11) is -3.80. The second-order valence-corrected chi connectivity index (χ2v) is 7.59. The summed E-state index contributed by atoms with van der Waals surface area (Å²) in [5, 5.41) is 0.614. The largest absolute Gasteiger partial charge is 0.371 e. The highest BCUT2D eigenvalue weighted by Crippen LogP contribution is 2.26. The van der Waals surface area contributed by atoms with Gasteiger partial charge in [-0.15, -0.1) is 0 Å². The van der Waals surface area contributed by atoms with Crippen molar-refractivity contribution >= 4 is 21.6 Å². The first-order valence-corrected chi connectivity index (χ1v) is 8.90. The fourth-order valence-corrected chi connectivity index (χ4v) is 4.08. The second-order valence-electron chi connectivity index (χ2n) is 5.28. The molecule has 0 N–H and O–H groups in total. The smallest absolute Gasteiger partial charge is 0.246 e. The van der Waals surface area contributed by atoms with Crippen LogP contribution in [-0.2, 0) is 21.4 Å². The maximum Gasteiger partial charge on any atom is 0.246 e. The average molecular weight is 356 g/mol. The molecule has 0 unspecified atom stereocenters. The van der Waals surface area contributed by atoms with Crippen LogP contribution in [0.3, 0.4) is 0 Å². The molecule has 2 aromatic carbocycles. The number of hydrogen-bond acceptors (Lipinski definition) is 3. The highest BCUT2D eigenvalue weighted by Gasteiger charge is 2.38. The van der Waals surface area contributed by atoms with Crippen LogP contribution in [0, 0.1) is 5.82 Å². The zero-order valence-corrected chi connectivity index (χ0v) is 13.7. The van der Waals surface area contributed by atoms with Gasteiger partial charge in [0, 0.05) is 18.1 Å².